The Labute approximate surface area is 203 Å². The largest absolute Gasteiger partial charge is 0.356 e. The Kier molecular flexibility index (Phi) is 20.3. The molecule has 2 nitrogen and oxygen atoms in total. The van der Waals surface area contributed by atoms with Crippen LogP contribution in [0.15, 0.2) is 12.4 Å². The molecule has 32 heavy (non-hydrogen) atoms. The summed E-state index contributed by atoms with van der Waals surface area (Å²) in [5, 5.41) is 0. The molecule has 1 rings (SSSR count). The van der Waals surface area contributed by atoms with Gasteiger partial charge in [0.15, 0.2) is 0 Å². The second kappa shape index (κ2) is 22.1. The predicted octanol–water partition coefficient (Wildman–Crippen LogP) is 10.0. The zero-order valence-corrected chi connectivity index (χ0v) is 22.6. The number of unbranched alkanes of at least 4 members (excludes halogenated alkanes) is 19. The van der Waals surface area contributed by atoms with Crippen molar-refractivity contribution in [1.29, 1.82) is 0 Å². The molecular formula is C30H60N2. The van der Waals surface area contributed by atoms with Crippen LogP contribution in [0.1, 0.15) is 162 Å². The summed E-state index contributed by atoms with van der Waals surface area (Å²) in [5.41, 5.74) is 0. The fourth-order valence-electron chi connectivity index (χ4n) is 5.20. The highest BCUT2D eigenvalue weighted by Crippen LogP contribution is 2.22. The van der Waals surface area contributed by atoms with Crippen LogP contribution in [-0.4, -0.2) is 29.1 Å². The Balaban J connectivity index is 1.91. The highest BCUT2D eigenvalue weighted by Gasteiger charge is 2.23. The summed E-state index contributed by atoms with van der Waals surface area (Å²) < 4.78 is 0. The molecular weight excluding hydrogens is 388 g/mol. The molecule has 0 spiro atoms. The van der Waals surface area contributed by atoms with Crippen LogP contribution >= 0.6 is 0 Å². The van der Waals surface area contributed by atoms with Gasteiger partial charge in [0.05, 0.1) is 0 Å². The maximum atomic E-state index is 2.63. The molecule has 1 unspecified atom stereocenters. The van der Waals surface area contributed by atoms with Gasteiger partial charge in [0.25, 0.3) is 0 Å². The van der Waals surface area contributed by atoms with E-state index in [0.717, 1.165) is 6.54 Å². The van der Waals surface area contributed by atoms with Gasteiger partial charge in [-0.15, -0.1) is 0 Å². The first-order valence-electron chi connectivity index (χ1n) is 15.0. The third kappa shape index (κ3) is 15.2. The first-order chi connectivity index (χ1) is 15.8. The Hall–Kier alpha value is -0.660. The molecule has 1 atom stereocenters. The first-order valence-corrected chi connectivity index (χ1v) is 15.0. The van der Waals surface area contributed by atoms with E-state index in [1.165, 1.54) is 148 Å². The van der Waals surface area contributed by atoms with Crippen molar-refractivity contribution in [2.45, 2.75) is 168 Å². The number of nitrogens with zero attached hydrogens (tertiary/aromatic N) is 2. The fraction of sp³-hybridized carbons (Fsp3) is 0.933. The van der Waals surface area contributed by atoms with Crippen molar-refractivity contribution in [1.82, 2.24) is 9.80 Å². The molecule has 1 aliphatic rings. The van der Waals surface area contributed by atoms with Gasteiger partial charge in [-0.1, -0.05) is 136 Å². The highest BCUT2D eigenvalue weighted by atomic mass is 15.4. The van der Waals surface area contributed by atoms with Crippen LogP contribution in [0.3, 0.4) is 0 Å². The smallest absolute Gasteiger partial charge is 0.101 e. The van der Waals surface area contributed by atoms with E-state index in [-0.39, 0.29) is 0 Å². The summed E-state index contributed by atoms with van der Waals surface area (Å²) in [4.78, 5) is 5.18. The molecule has 1 aliphatic heterocycles. The van der Waals surface area contributed by atoms with Crippen LogP contribution < -0.4 is 0 Å². The van der Waals surface area contributed by atoms with Gasteiger partial charge in [0.2, 0.25) is 0 Å². The van der Waals surface area contributed by atoms with Crippen LogP contribution in [0.25, 0.3) is 0 Å². The van der Waals surface area contributed by atoms with E-state index in [4.69, 9.17) is 0 Å². The van der Waals surface area contributed by atoms with Gasteiger partial charge in [-0.25, -0.2) is 0 Å². The molecule has 190 valence electrons. The Morgan fingerprint density at radius 2 is 0.812 bits per heavy atom. The fourth-order valence-corrected chi connectivity index (χ4v) is 5.20. The van der Waals surface area contributed by atoms with Crippen LogP contribution in [0.5, 0.6) is 0 Å². The minimum absolute atomic E-state index is 0.637. The highest BCUT2D eigenvalue weighted by molar-refractivity contribution is 4.96. The lowest BCUT2D eigenvalue weighted by Crippen LogP contribution is -2.38. The molecule has 0 aromatic rings. The van der Waals surface area contributed by atoms with Gasteiger partial charge < -0.3 is 9.80 Å². The lowest BCUT2D eigenvalue weighted by molar-refractivity contribution is 0.142. The Bertz CT molecular complexity index is 406. The maximum absolute atomic E-state index is 2.63. The van der Waals surface area contributed by atoms with E-state index in [1.54, 1.807) is 0 Å². The van der Waals surface area contributed by atoms with Crippen molar-refractivity contribution in [3.63, 3.8) is 0 Å². The van der Waals surface area contributed by atoms with E-state index in [2.05, 4.69) is 43.0 Å². The SMILES string of the molecule is CCCCCCCCCCCCCCCCCCN1C=CN(CC)C1CCCCCCC. The van der Waals surface area contributed by atoms with Gasteiger partial charge >= 0.3 is 0 Å². The van der Waals surface area contributed by atoms with Crippen LogP contribution in [0.4, 0.5) is 0 Å². The van der Waals surface area contributed by atoms with Gasteiger partial charge in [-0.3, -0.25) is 0 Å². The number of rotatable bonds is 24. The van der Waals surface area contributed by atoms with Gasteiger partial charge in [-0.2, -0.15) is 0 Å². The van der Waals surface area contributed by atoms with Crippen molar-refractivity contribution >= 4 is 0 Å². The van der Waals surface area contributed by atoms with Gasteiger partial charge in [0.1, 0.15) is 6.17 Å². The molecule has 1 heterocycles. The molecule has 0 aromatic heterocycles. The number of hydrogen-bond acceptors (Lipinski definition) is 2. The summed E-state index contributed by atoms with van der Waals surface area (Å²) >= 11 is 0. The van der Waals surface area contributed by atoms with Crippen LogP contribution in [0, 0.1) is 0 Å². The van der Waals surface area contributed by atoms with Crippen LogP contribution in [0.2, 0.25) is 0 Å². The third-order valence-corrected chi connectivity index (χ3v) is 7.42. The molecule has 0 N–H and O–H groups in total. The Morgan fingerprint density at radius 3 is 1.25 bits per heavy atom. The van der Waals surface area contributed by atoms with Crippen molar-refractivity contribution in [2.24, 2.45) is 0 Å². The van der Waals surface area contributed by atoms with Gasteiger partial charge in [-0.05, 0) is 26.2 Å². The molecule has 0 bridgehead atoms. The minimum Gasteiger partial charge on any atom is -0.356 e. The summed E-state index contributed by atoms with van der Waals surface area (Å²) in [6.45, 7) is 9.31. The quantitative estimate of drug-likeness (QED) is 0.135. The van der Waals surface area contributed by atoms with E-state index in [1.807, 2.05) is 0 Å². The monoisotopic (exact) mass is 448 g/mol. The lowest BCUT2D eigenvalue weighted by Gasteiger charge is -2.32. The van der Waals surface area contributed by atoms with Crippen LogP contribution in [-0.2, 0) is 0 Å². The van der Waals surface area contributed by atoms with E-state index >= 15 is 0 Å². The molecule has 0 fully saturated rings. The molecule has 2 heteroatoms. The maximum Gasteiger partial charge on any atom is 0.101 e. The zero-order chi connectivity index (χ0) is 23.1. The van der Waals surface area contributed by atoms with Crippen molar-refractivity contribution in [2.75, 3.05) is 13.1 Å². The average molecular weight is 449 g/mol. The van der Waals surface area contributed by atoms with Crippen molar-refractivity contribution in [3.05, 3.63) is 12.4 Å². The summed E-state index contributed by atoms with van der Waals surface area (Å²) in [6, 6.07) is 0. The summed E-state index contributed by atoms with van der Waals surface area (Å²) in [6.07, 6.45) is 36.8. The zero-order valence-electron chi connectivity index (χ0n) is 22.6. The summed E-state index contributed by atoms with van der Waals surface area (Å²) in [7, 11) is 0. The lowest BCUT2D eigenvalue weighted by atomic mass is 10.0. The predicted molar refractivity (Wildman–Crippen MR) is 145 cm³/mol. The first kappa shape index (κ1) is 29.4. The van der Waals surface area contributed by atoms with Gasteiger partial charge in [0, 0.05) is 25.5 Å². The molecule has 0 radical (unpaired) electrons. The topological polar surface area (TPSA) is 6.48 Å². The molecule has 0 saturated carbocycles. The normalized spacial score (nSPS) is 15.9. The molecule has 0 saturated heterocycles. The number of hydrogen-bond donors (Lipinski definition) is 0. The standard InChI is InChI=1S/C30H60N2/c1-4-7-9-11-12-13-14-15-16-17-18-19-20-21-23-25-27-32-29-28-31(6-3)30(32)26-24-22-10-8-5-2/h28-30H,4-27H2,1-3H3. The van der Waals surface area contributed by atoms with E-state index < -0.39 is 0 Å². The average Bonchev–Trinajstić information content (AvgIpc) is 3.20. The molecule has 0 aromatic carbocycles. The minimum atomic E-state index is 0.637. The molecule has 0 amide bonds. The third-order valence-electron chi connectivity index (χ3n) is 7.42. The molecule has 0 aliphatic carbocycles. The van der Waals surface area contributed by atoms with E-state index in [9.17, 15) is 0 Å². The second-order valence-electron chi connectivity index (χ2n) is 10.4. The van der Waals surface area contributed by atoms with Crippen molar-refractivity contribution in [3.8, 4) is 0 Å². The second-order valence-corrected chi connectivity index (χ2v) is 10.4. The van der Waals surface area contributed by atoms with Crippen molar-refractivity contribution < 1.29 is 0 Å². The summed E-state index contributed by atoms with van der Waals surface area (Å²) in [5.74, 6) is 0. The Morgan fingerprint density at radius 1 is 0.438 bits per heavy atom. The van der Waals surface area contributed by atoms with E-state index in [0.29, 0.717) is 6.17 Å².